The average molecular weight is 271 g/mol. The van der Waals surface area contributed by atoms with E-state index in [0.717, 1.165) is 12.8 Å². The van der Waals surface area contributed by atoms with Crippen LogP contribution < -0.4 is 0 Å². The molecule has 1 heterocycles. The number of carbonyl (C=O) groups excluding carboxylic acids is 1. The van der Waals surface area contributed by atoms with Crippen molar-refractivity contribution < 1.29 is 14.7 Å². The van der Waals surface area contributed by atoms with Crippen LogP contribution in [0, 0.1) is 0 Å². The van der Waals surface area contributed by atoms with E-state index in [-0.39, 0.29) is 24.2 Å². The number of rotatable bonds is 4. The van der Waals surface area contributed by atoms with Gasteiger partial charge in [-0.3, -0.25) is 14.6 Å². The first kappa shape index (κ1) is 12.5. The summed E-state index contributed by atoms with van der Waals surface area (Å²) in [6.45, 7) is -0.294. The van der Waals surface area contributed by atoms with Gasteiger partial charge in [0, 0.05) is 6.04 Å². The topological polar surface area (TPSA) is 83.4 Å². The summed E-state index contributed by atoms with van der Waals surface area (Å²) in [6.07, 6.45) is 3.10. The highest BCUT2D eigenvalue weighted by atomic mass is 16.4. The van der Waals surface area contributed by atoms with Crippen LogP contribution in [0.15, 0.2) is 30.5 Å². The third kappa shape index (κ3) is 2.45. The lowest BCUT2D eigenvalue weighted by atomic mass is 10.3. The quantitative estimate of drug-likeness (QED) is 0.906. The molecule has 0 unspecified atom stereocenters. The lowest BCUT2D eigenvalue weighted by Gasteiger charge is -2.19. The Kier molecular flexibility index (Phi) is 3.06. The van der Waals surface area contributed by atoms with Gasteiger partial charge in [0.1, 0.15) is 12.2 Å². The average Bonchev–Trinajstić information content (AvgIpc) is 3.28. The van der Waals surface area contributed by atoms with Gasteiger partial charge in [-0.15, -0.1) is 0 Å². The lowest BCUT2D eigenvalue weighted by Crippen LogP contribution is -2.37. The molecule has 1 aromatic heterocycles. The van der Waals surface area contributed by atoms with Crippen molar-refractivity contribution in [2.24, 2.45) is 0 Å². The van der Waals surface area contributed by atoms with Gasteiger partial charge in [-0.25, -0.2) is 4.98 Å². The molecule has 0 aliphatic heterocycles. The fraction of sp³-hybridized carbons (Fsp3) is 0.286. The van der Waals surface area contributed by atoms with Crippen LogP contribution in [0.2, 0.25) is 0 Å². The van der Waals surface area contributed by atoms with Crippen molar-refractivity contribution in [2.75, 3.05) is 6.54 Å². The second-order valence-corrected chi connectivity index (χ2v) is 4.80. The van der Waals surface area contributed by atoms with Gasteiger partial charge in [-0.1, -0.05) is 12.1 Å². The minimum Gasteiger partial charge on any atom is -0.480 e. The molecular weight excluding hydrogens is 258 g/mol. The predicted molar refractivity (Wildman–Crippen MR) is 71.2 cm³/mol. The molecule has 1 aliphatic carbocycles. The van der Waals surface area contributed by atoms with Crippen molar-refractivity contribution in [3.05, 3.63) is 36.2 Å². The highest BCUT2D eigenvalue weighted by Gasteiger charge is 2.35. The fourth-order valence-electron chi connectivity index (χ4n) is 2.11. The Morgan fingerprint density at radius 2 is 1.95 bits per heavy atom. The molecule has 0 spiro atoms. The van der Waals surface area contributed by atoms with E-state index >= 15 is 0 Å². The number of hydrogen-bond donors (Lipinski definition) is 1. The number of carboxylic acids is 1. The third-order valence-electron chi connectivity index (χ3n) is 3.22. The third-order valence-corrected chi connectivity index (χ3v) is 3.22. The molecule has 1 saturated carbocycles. The maximum absolute atomic E-state index is 12.4. The number of carboxylic acid groups (broad SMARTS) is 1. The normalized spacial score (nSPS) is 14.2. The summed E-state index contributed by atoms with van der Waals surface area (Å²) in [7, 11) is 0. The van der Waals surface area contributed by atoms with Gasteiger partial charge in [0.2, 0.25) is 0 Å². The zero-order valence-electron chi connectivity index (χ0n) is 10.7. The highest BCUT2D eigenvalue weighted by Crippen LogP contribution is 2.27. The first-order valence-corrected chi connectivity index (χ1v) is 6.39. The number of para-hydroxylation sites is 2. The molecule has 6 heteroatoms. The number of hydrogen-bond acceptors (Lipinski definition) is 4. The van der Waals surface area contributed by atoms with E-state index in [0.29, 0.717) is 11.0 Å². The van der Waals surface area contributed by atoms with E-state index in [2.05, 4.69) is 9.97 Å². The van der Waals surface area contributed by atoms with Crippen LogP contribution in [-0.2, 0) is 4.79 Å². The van der Waals surface area contributed by atoms with Gasteiger partial charge in [0.25, 0.3) is 5.91 Å². The second-order valence-electron chi connectivity index (χ2n) is 4.80. The first-order chi connectivity index (χ1) is 9.65. The smallest absolute Gasteiger partial charge is 0.323 e. The van der Waals surface area contributed by atoms with Crippen LogP contribution in [0.5, 0.6) is 0 Å². The van der Waals surface area contributed by atoms with Crippen molar-refractivity contribution >= 4 is 22.9 Å². The largest absolute Gasteiger partial charge is 0.480 e. The Balaban J connectivity index is 1.92. The molecule has 1 aliphatic rings. The molecule has 3 rings (SSSR count). The lowest BCUT2D eigenvalue weighted by molar-refractivity contribution is -0.137. The second kappa shape index (κ2) is 4.88. The molecule has 0 saturated heterocycles. The zero-order chi connectivity index (χ0) is 14.1. The highest BCUT2D eigenvalue weighted by molar-refractivity contribution is 5.95. The Labute approximate surface area is 115 Å². The van der Waals surface area contributed by atoms with E-state index in [9.17, 15) is 9.59 Å². The molecule has 102 valence electrons. The van der Waals surface area contributed by atoms with Crippen molar-refractivity contribution in [3.8, 4) is 0 Å². The Morgan fingerprint density at radius 3 is 2.60 bits per heavy atom. The standard InChI is InChI=1S/C14H13N3O3/c18-13(19)8-17(9-5-6-9)14(20)12-7-15-10-3-1-2-4-11(10)16-12/h1-4,7,9H,5-6,8H2,(H,18,19). The first-order valence-electron chi connectivity index (χ1n) is 6.39. The molecule has 0 radical (unpaired) electrons. The molecule has 1 N–H and O–H groups in total. The fourth-order valence-corrected chi connectivity index (χ4v) is 2.11. The molecule has 0 bridgehead atoms. The SMILES string of the molecule is O=C(O)CN(C(=O)c1cnc2ccccc2n1)C1CC1. The van der Waals surface area contributed by atoms with E-state index in [1.165, 1.54) is 11.1 Å². The molecule has 1 amide bonds. The number of fused-ring (bicyclic) bond motifs is 1. The molecule has 1 fully saturated rings. The van der Waals surface area contributed by atoms with Gasteiger partial charge in [0.05, 0.1) is 17.2 Å². The van der Waals surface area contributed by atoms with E-state index in [1.54, 1.807) is 6.07 Å². The predicted octanol–water partition coefficient (Wildman–Crippen LogP) is 1.32. The van der Waals surface area contributed by atoms with Crippen molar-refractivity contribution in [3.63, 3.8) is 0 Å². The monoisotopic (exact) mass is 271 g/mol. The molecule has 1 aromatic carbocycles. The van der Waals surface area contributed by atoms with Crippen LogP contribution >= 0.6 is 0 Å². The number of aromatic nitrogens is 2. The number of aliphatic carboxylic acids is 1. The summed E-state index contributed by atoms with van der Waals surface area (Å²) in [5.41, 5.74) is 1.53. The Bertz CT molecular complexity index is 682. The number of amides is 1. The molecule has 6 nitrogen and oxygen atoms in total. The van der Waals surface area contributed by atoms with Gasteiger partial charge in [-0.2, -0.15) is 0 Å². The van der Waals surface area contributed by atoms with Crippen molar-refractivity contribution in [1.82, 2.24) is 14.9 Å². The van der Waals surface area contributed by atoms with Crippen LogP contribution in [0.3, 0.4) is 0 Å². The summed E-state index contributed by atoms with van der Waals surface area (Å²) in [4.78, 5) is 33.0. The number of benzene rings is 1. The summed E-state index contributed by atoms with van der Waals surface area (Å²) < 4.78 is 0. The Hall–Kier alpha value is -2.50. The maximum atomic E-state index is 12.4. The van der Waals surface area contributed by atoms with Crippen LogP contribution in [0.1, 0.15) is 23.3 Å². The van der Waals surface area contributed by atoms with Crippen LogP contribution in [0.25, 0.3) is 11.0 Å². The van der Waals surface area contributed by atoms with Gasteiger partial charge in [-0.05, 0) is 25.0 Å². The molecule has 0 atom stereocenters. The summed E-state index contributed by atoms with van der Waals surface area (Å²) in [5.74, 6) is -1.38. The molecular formula is C14H13N3O3. The summed E-state index contributed by atoms with van der Waals surface area (Å²) in [6, 6.07) is 7.28. The summed E-state index contributed by atoms with van der Waals surface area (Å²) in [5, 5.41) is 8.90. The van der Waals surface area contributed by atoms with Crippen LogP contribution in [0.4, 0.5) is 0 Å². The van der Waals surface area contributed by atoms with Crippen LogP contribution in [-0.4, -0.2) is 44.4 Å². The van der Waals surface area contributed by atoms with E-state index in [1.807, 2.05) is 18.2 Å². The minimum absolute atomic E-state index is 0.0203. The minimum atomic E-state index is -1.01. The van der Waals surface area contributed by atoms with Crippen molar-refractivity contribution in [1.29, 1.82) is 0 Å². The van der Waals surface area contributed by atoms with E-state index < -0.39 is 5.97 Å². The molecule has 20 heavy (non-hydrogen) atoms. The number of carbonyl (C=O) groups is 2. The van der Waals surface area contributed by atoms with Gasteiger partial charge >= 0.3 is 5.97 Å². The van der Waals surface area contributed by atoms with E-state index in [4.69, 9.17) is 5.11 Å². The maximum Gasteiger partial charge on any atom is 0.323 e. The zero-order valence-corrected chi connectivity index (χ0v) is 10.7. The van der Waals surface area contributed by atoms with Crippen molar-refractivity contribution in [2.45, 2.75) is 18.9 Å². The molecule has 2 aromatic rings. The Morgan fingerprint density at radius 1 is 1.25 bits per heavy atom. The van der Waals surface area contributed by atoms with Gasteiger partial charge < -0.3 is 10.0 Å². The van der Waals surface area contributed by atoms with Gasteiger partial charge in [0.15, 0.2) is 0 Å². The summed E-state index contributed by atoms with van der Waals surface area (Å²) >= 11 is 0. The number of nitrogens with zero attached hydrogens (tertiary/aromatic N) is 3.